The smallest absolute Gasteiger partial charge is 0.153 e. The number of benzene rings is 1. The van der Waals surface area contributed by atoms with E-state index in [0.717, 1.165) is 18.5 Å². The number of para-hydroxylation sites is 1. The van der Waals surface area contributed by atoms with E-state index in [0.29, 0.717) is 11.8 Å². The molecule has 86 valence electrons. The van der Waals surface area contributed by atoms with Gasteiger partial charge < -0.3 is 9.69 Å². The monoisotopic (exact) mass is 255 g/mol. The predicted octanol–water partition coefficient (Wildman–Crippen LogP) is 3.00. The molecule has 1 aliphatic rings. The van der Waals surface area contributed by atoms with Crippen LogP contribution in [0.4, 0.5) is 5.69 Å². The molecule has 16 heavy (non-hydrogen) atoms. The van der Waals surface area contributed by atoms with Gasteiger partial charge in [0.1, 0.15) is 5.37 Å². The van der Waals surface area contributed by atoms with Crippen molar-refractivity contribution in [1.29, 1.82) is 0 Å². The van der Waals surface area contributed by atoms with E-state index in [1.54, 1.807) is 11.8 Å². The van der Waals surface area contributed by atoms with E-state index in [4.69, 9.17) is 11.6 Å². The number of carbonyl (C=O) groups is 1. The first-order valence-electron chi connectivity index (χ1n) is 5.30. The largest absolute Gasteiger partial charge is 0.352 e. The topological polar surface area (TPSA) is 20.3 Å². The molecule has 0 fully saturated rings. The lowest BCUT2D eigenvalue weighted by Gasteiger charge is -2.25. The summed E-state index contributed by atoms with van der Waals surface area (Å²) in [6, 6.07) is 8.13. The number of halogens is 1. The van der Waals surface area contributed by atoms with Gasteiger partial charge in [0.15, 0.2) is 6.29 Å². The van der Waals surface area contributed by atoms with Crippen molar-refractivity contribution in [2.75, 3.05) is 17.3 Å². The zero-order valence-corrected chi connectivity index (χ0v) is 10.7. The molecule has 0 aliphatic carbocycles. The summed E-state index contributed by atoms with van der Waals surface area (Å²) in [5, 5.41) is -0.0944. The number of carbonyl (C=O) groups excluding carboxylic acids is 1. The molecular formula is C12H14ClNOS. The summed E-state index contributed by atoms with van der Waals surface area (Å²) in [5.41, 5.74) is 1.15. The second-order valence-corrected chi connectivity index (χ2v) is 5.49. The Bertz CT molecular complexity index is 385. The van der Waals surface area contributed by atoms with Gasteiger partial charge in [0.25, 0.3) is 0 Å². The first kappa shape index (κ1) is 11.8. The summed E-state index contributed by atoms with van der Waals surface area (Å²) < 4.78 is 0. The molecule has 4 heteroatoms. The molecule has 0 spiro atoms. The Morgan fingerprint density at radius 3 is 3.00 bits per heavy atom. The van der Waals surface area contributed by atoms with Crippen molar-refractivity contribution < 1.29 is 4.79 Å². The highest BCUT2D eigenvalue weighted by Crippen LogP contribution is 2.42. The van der Waals surface area contributed by atoms with Crippen molar-refractivity contribution in [3.63, 3.8) is 0 Å². The number of fused-ring (bicyclic) bond motifs is 1. The molecule has 0 aromatic heterocycles. The van der Waals surface area contributed by atoms with Gasteiger partial charge in [-0.3, -0.25) is 0 Å². The Hall–Kier alpha value is -0.670. The summed E-state index contributed by atoms with van der Waals surface area (Å²) in [7, 11) is 0. The second-order valence-electron chi connectivity index (χ2n) is 4.02. The van der Waals surface area contributed by atoms with E-state index < -0.39 is 0 Å². The van der Waals surface area contributed by atoms with Gasteiger partial charge in [-0.2, -0.15) is 0 Å². The van der Waals surface area contributed by atoms with Crippen LogP contribution in [0.1, 0.15) is 6.92 Å². The third kappa shape index (κ3) is 2.20. The van der Waals surface area contributed by atoms with Gasteiger partial charge in [-0.05, 0) is 18.1 Å². The lowest BCUT2D eigenvalue weighted by Crippen LogP contribution is -2.34. The fourth-order valence-electron chi connectivity index (χ4n) is 1.81. The lowest BCUT2D eigenvalue weighted by atomic mass is 10.2. The minimum Gasteiger partial charge on any atom is -0.352 e. The first-order chi connectivity index (χ1) is 7.76. The van der Waals surface area contributed by atoms with Gasteiger partial charge in [-0.1, -0.05) is 30.8 Å². The third-order valence-corrected chi connectivity index (χ3v) is 4.35. The van der Waals surface area contributed by atoms with Crippen LogP contribution >= 0.6 is 23.4 Å². The minimum atomic E-state index is -0.0944. The summed E-state index contributed by atoms with van der Waals surface area (Å²) >= 11 is 7.44. The molecule has 2 nitrogen and oxygen atoms in total. The van der Waals surface area contributed by atoms with Crippen molar-refractivity contribution >= 4 is 35.3 Å². The number of hydrogen-bond acceptors (Lipinski definition) is 3. The van der Waals surface area contributed by atoms with E-state index in [-0.39, 0.29) is 5.37 Å². The SMILES string of the molecule is CC(CCl)CN1c2ccccc2SC1C=O. The van der Waals surface area contributed by atoms with Crippen molar-refractivity contribution in [3.05, 3.63) is 24.3 Å². The van der Waals surface area contributed by atoms with Gasteiger partial charge in [0, 0.05) is 17.3 Å². The van der Waals surface area contributed by atoms with Crippen LogP contribution in [0.25, 0.3) is 0 Å². The average molecular weight is 256 g/mol. The van der Waals surface area contributed by atoms with Crippen molar-refractivity contribution in [2.45, 2.75) is 17.2 Å². The summed E-state index contributed by atoms with van der Waals surface area (Å²) in [5.74, 6) is 1.01. The van der Waals surface area contributed by atoms with E-state index in [2.05, 4.69) is 24.0 Å². The highest BCUT2D eigenvalue weighted by atomic mass is 35.5. The van der Waals surface area contributed by atoms with E-state index in [1.807, 2.05) is 12.1 Å². The Kier molecular flexibility index (Phi) is 3.77. The average Bonchev–Trinajstić information content (AvgIpc) is 2.67. The number of aldehydes is 1. The van der Waals surface area contributed by atoms with Crippen LogP contribution < -0.4 is 4.90 Å². The maximum Gasteiger partial charge on any atom is 0.153 e. The summed E-state index contributed by atoms with van der Waals surface area (Å²) in [4.78, 5) is 14.4. The van der Waals surface area contributed by atoms with Crippen LogP contribution in [0.3, 0.4) is 0 Å². The van der Waals surface area contributed by atoms with Gasteiger partial charge in [0.05, 0.1) is 5.69 Å². The van der Waals surface area contributed by atoms with Crippen molar-refractivity contribution in [3.8, 4) is 0 Å². The highest BCUT2D eigenvalue weighted by molar-refractivity contribution is 8.01. The minimum absolute atomic E-state index is 0.0944. The first-order valence-corrected chi connectivity index (χ1v) is 6.71. The van der Waals surface area contributed by atoms with Crippen LogP contribution in [0.2, 0.25) is 0 Å². The van der Waals surface area contributed by atoms with Crippen LogP contribution in [-0.4, -0.2) is 24.1 Å². The molecule has 2 atom stereocenters. The number of rotatable bonds is 4. The molecule has 0 N–H and O–H groups in total. The number of thioether (sulfide) groups is 1. The fourth-order valence-corrected chi connectivity index (χ4v) is 3.02. The molecule has 0 saturated heterocycles. The Morgan fingerprint density at radius 2 is 2.31 bits per heavy atom. The second kappa shape index (κ2) is 5.11. The zero-order valence-electron chi connectivity index (χ0n) is 9.10. The molecule has 0 bridgehead atoms. The van der Waals surface area contributed by atoms with E-state index >= 15 is 0 Å². The standard InChI is InChI=1S/C12H14ClNOS/c1-9(6-13)7-14-10-4-2-3-5-11(10)16-12(14)8-15/h2-5,8-9,12H,6-7H2,1H3. The summed E-state index contributed by atoms with van der Waals surface area (Å²) in [6.07, 6.45) is 1.01. The van der Waals surface area contributed by atoms with Gasteiger partial charge >= 0.3 is 0 Å². The van der Waals surface area contributed by atoms with Crippen molar-refractivity contribution in [2.24, 2.45) is 5.92 Å². The lowest BCUT2D eigenvalue weighted by molar-refractivity contribution is -0.107. The van der Waals surface area contributed by atoms with Gasteiger partial charge in [0.2, 0.25) is 0 Å². The number of anilines is 1. The molecule has 1 aliphatic heterocycles. The molecule has 0 saturated carbocycles. The molecule has 0 radical (unpaired) electrons. The Morgan fingerprint density at radius 1 is 1.56 bits per heavy atom. The normalized spacial score (nSPS) is 20.6. The van der Waals surface area contributed by atoms with E-state index in [1.165, 1.54) is 4.90 Å². The maximum atomic E-state index is 11.1. The quantitative estimate of drug-likeness (QED) is 0.609. The molecular weight excluding hydrogens is 242 g/mol. The Balaban J connectivity index is 2.23. The molecule has 1 heterocycles. The number of alkyl halides is 1. The van der Waals surface area contributed by atoms with Crippen LogP contribution in [-0.2, 0) is 4.79 Å². The van der Waals surface area contributed by atoms with Crippen molar-refractivity contribution in [1.82, 2.24) is 0 Å². The Labute approximate surface area is 105 Å². The fraction of sp³-hybridized carbons (Fsp3) is 0.417. The van der Waals surface area contributed by atoms with E-state index in [9.17, 15) is 4.79 Å². The van der Waals surface area contributed by atoms with Crippen LogP contribution in [0.15, 0.2) is 29.2 Å². The zero-order chi connectivity index (χ0) is 11.5. The third-order valence-electron chi connectivity index (χ3n) is 2.62. The van der Waals surface area contributed by atoms with Crippen LogP contribution in [0.5, 0.6) is 0 Å². The van der Waals surface area contributed by atoms with Gasteiger partial charge in [-0.25, -0.2) is 0 Å². The molecule has 1 aromatic rings. The number of hydrogen-bond donors (Lipinski definition) is 0. The highest BCUT2D eigenvalue weighted by Gasteiger charge is 2.29. The van der Waals surface area contributed by atoms with Gasteiger partial charge in [-0.15, -0.1) is 11.6 Å². The van der Waals surface area contributed by atoms with Crippen LogP contribution in [0, 0.1) is 5.92 Å². The predicted molar refractivity (Wildman–Crippen MR) is 69.4 cm³/mol. The molecule has 2 unspecified atom stereocenters. The molecule has 0 amide bonds. The summed E-state index contributed by atoms with van der Waals surface area (Å²) in [6.45, 7) is 2.93. The maximum absolute atomic E-state index is 11.1. The number of nitrogens with zero attached hydrogens (tertiary/aromatic N) is 1. The molecule has 2 rings (SSSR count). The molecule has 1 aromatic carbocycles.